The molecule has 2 rings (SSSR count). The molecule has 4 nitrogen and oxygen atoms in total. The SMILES string of the molecule is C[C@@H](O)[C@H]1CCCCN1CCS(=O)(=O)c1ccccc1. The third-order valence-electron chi connectivity index (χ3n) is 3.97. The van der Waals surface area contributed by atoms with E-state index in [2.05, 4.69) is 4.90 Å². The molecule has 0 bridgehead atoms. The highest BCUT2D eigenvalue weighted by atomic mass is 32.2. The molecular weight excluding hydrogens is 274 g/mol. The highest BCUT2D eigenvalue weighted by Crippen LogP contribution is 2.20. The summed E-state index contributed by atoms with van der Waals surface area (Å²) in [5, 5.41) is 9.80. The third kappa shape index (κ3) is 3.81. The molecule has 1 N–H and O–H groups in total. The smallest absolute Gasteiger partial charge is 0.179 e. The number of benzene rings is 1. The molecule has 0 aromatic heterocycles. The summed E-state index contributed by atoms with van der Waals surface area (Å²) in [4.78, 5) is 2.50. The van der Waals surface area contributed by atoms with Gasteiger partial charge >= 0.3 is 0 Å². The maximum absolute atomic E-state index is 12.3. The van der Waals surface area contributed by atoms with Crippen LogP contribution in [0.5, 0.6) is 0 Å². The van der Waals surface area contributed by atoms with Crippen molar-refractivity contribution in [2.24, 2.45) is 0 Å². The Labute approximate surface area is 121 Å². The van der Waals surface area contributed by atoms with Crippen LogP contribution in [0.15, 0.2) is 35.2 Å². The maximum atomic E-state index is 12.3. The van der Waals surface area contributed by atoms with Gasteiger partial charge in [-0.05, 0) is 38.4 Å². The number of aliphatic hydroxyl groups is 1. The minimum absolute atomic E-state index is 0.0923. The molecule has 1 aromatic rings. The van der Waals surface area contributed by atoms with Crippen LogP contribution >= 0.6 is 0 Å². The van der Waals surface area contributed by atoms with Crippen LogP contribution in [0.2, 0.25) is 0 Å². The first kappa shape index (κ1) is 15.5. The van der Waals surface area contributed by atoms with Gasteiger partial charge in [0, 0.05) is 12.6 Å². The molecule has 5 heteroatoms. The van der Waals surface area contributed by atoms with E-state index in [9.17, 15) is 13.5 Å². The molecule has 0 saturated carbocycles. The zero-order valence-corrected chi connectivity index (χ0v) is 12.7. The first-order valence-corrected chi connectivity index (χ1v) is 8.86. The van der Waals surface area contributed by atoms with Crippen LogP contribution in [0.3, 0.4) is 0 Å². The normalized spacial score (nSPS) is 22.6. The van der Waals surface area contributed by atoms with E-state index in [-0.39, 0.29) is 11.8 Å². The molecule has 1 heterocycles. The Hall–Kier alpha value is -0.910. The maximum Gasteiger partial charge on any atom is 0.179 e. The molecule has 0 unspecified atom stereocenters. The Morgan fingerprint density at radius 1 is 1.30 bits per heavy atom. The number of aliphatic hydroxyl groups excluding tert-OH is 1. The number of sulfone groups is 1. The van der Waals surface area contributed by atoms with Gasteiger partial charge in [0.15, 0.2) is 9.84 Å². The van der Waals surface area contributed by atoms with E-state index in [4.69, 9.17) is 0 Å². The van der Waals surface area contributed by atoms with E-state index in [1.54, 1.807) is 31.2 Å². The molecule has 1 aliphatic heterocycles. The van der Waals surface area contributed by atoms with Gasteiger partial charge in [0.25, 0.3) is 0 Å². The summed E-state index contributed by atoms with van der Waals surface area (Å²) in [6.45, 7) is 3.15. The summed E-state index contributed by atoms with van der Waals surface area (Å²) in [7, 11) is -3.23. The van der Waals surface area contributed by atoms with Crippen LogP contribution in [0, 0.1) is 0 Å². The second-order valence-electron chi connectivity index (χ2n) is 5.47. The van der Waals surface area contributed by atoms with Gasteiger partial charge in [0.05, 0.1) is 16.8 Å². The van der Waals surface area contributed by atoms with Crippen molar-refractivity contribution in [2.45, 2.75) is 43.2 Å². The summed E-state index contributed by atoms with van der Waals surface area (Å²) < 4.78 is 24.5. The van der Waals surface area contributed by atoms with Crippen molar-refractivity contribution < 1.29 is 13.5 Å². The zero-order chi connectivity index (χ0) is 14.6. The van der Waals surface area contributed by atoms with Crippen LogP contribution < -0.4 is 0 Å². The Balaban J connectivity index is 2.00. The topological polar surface area (TPSA) is 57.6 Å². The van der Waals surface area contributed by atoms with E-state index in [1.165, 1.54) is 0 Å². The summed E-state index contributed by atoms with van der Waals surface area (Å²) in [5.41, 5.74) is 0. The first-order valence-electron chi connectivity index (χ1n) is 7.20. The molecular formula is C15H23NO3S. The second kappa shape index (κ2) is 6.70. The van der Waals surface area contributed by atoms with Crippen LogP contribution in [0.4, 0.5) is 0 Å². The van der Waals surface area contributed by atoms with E-state index < -0.39 is 15.9 Å². The number of nitrogens with zero attached hydrogens (tertiary/aromatic N) is 1. The van der Waals surface area contributed by atoms with Gasteiger partial charge in [-0.15, -0.1) is 0 Å². The quantitative estimate of drug-likeness (QED) is 0.898. The second-order valence-corrected chi connectivity index (χ2v) is 7.58. The monoisotopic (exact) mass is 297 g/mol. The molecule has 1 aromatic carbocycles. The van der Waals surface area contributed by atoms with Gasteiger partial charge in [-0.25, -0.2) is 8.42 Å². The fourth-order valence-electron chi connectivity index (χ4n) is 2.82. The molecule has 112 valence electrons. The summed E-state index contributed by atoms with van der Waals surface area (Å²) in [6.07, 6.45) is 2.73. The van der Waals surface area contributed by atoms with E-state index >= 15 is 0 Å². The molecule has 0 amide bonds. The lowest BCUT2D eigenvalue weighted by Crippen LogP contribution is -2.47. The van der Waals surface area contributed by atoms with Gasteiger partial charge in [-0.3, -0.25) is 4.90 Å². The molecule has 1 aliphatic rings. The average molecular weight is 297 g/mol. The van der Waals surface area contributed by atoms with Gasteiger partial charge in [0.1, 0.15) is 0 Å². The Kier molecular flexibility index (Phi) is 5.18. The zero-order valence-electron chi connectivity index (χ0n) is 11.9. The molecule has 1 fully saturated rings. The lowest BCUT2D eigenvalue weighted by Gasteiger charge is -2.37. The number of hydrogen-bond donors (Lipinski definition) is 1. The van der Waals surface area contributed by atoms with Gasteiger partial charge in [-0.2, -0.15) is 0 Å². The highest BCUT2D eigenvalue weighted by Gasteiger charge is 2.27. The van der Waals surface area contributed by atoms with Crippen LogP contribution in [0.1, 0.15) is 26.2 Å². The Morgan fingerprint density at radius 2 is 2.00 bits per heavy atom. The standard InChI is InChI=1S/C15H23NO3S/c1-13(17)15-9-5-6-10-16(15)11-12-20(18,19)14-7-3-2-4-8-14/h2-4,7-8,13,15,17H,5-6,9-12H2,1H3/t13-,15-/m1/s1. The van der Waals surface area contributed by atoms with Crippen molar-refractivity contribution in [1.82, 2.24) is 4.90 Å². The molecule has 0 spiro atoms. The van der Waals surface area contributed by atoms with Gasteiger partial charge in [0.2, 0.25) is 0 Å². The number of likely N-dealkylation sites (tertiary alicyclic amines) is 1. The van der Waals surface area contributed by atoms with Crippen molar-refractivity contribution in [3.05, 3.63) is 30.3 Å². The number of hydrogen-bond acceptors (Lipinski definition) is 4. The van der Waals surface area contributed by atoms with Crippen molar-refractivity contribution in [3.63, 3.8) is 0 Å². The molecule has 0 radical (unpaired) electrons. The minimum Gasteiger partial charge on any atom is -0.392 e. The molecule has 0 aliphatic carbocycles. The fourth-order valence-corrected chi connectivity index (χ4v) is 4.11. The molecule has 1 saturated heterocycles. The lowest BCUT2D eigenvalue weighted by atomic mass is 9.98. The Bertz CT molecular complexity index is 513. The average Bonchev–Trinajstić information content (AvgIpc) is 2.46. The first-order chi connectivity index (χ1) is 9.50. The lowest BCUT2D eigenvalue weighted by molar-refractivity contribution is 0.0403. The summed E-state index contributed by atoms with van der Waals surface area (Å²) >= 11 is 0. The van der Waals surface area contributed by atoms with Crippen molar-refractivity contribution >= 4 is 9.84 Å². The van der Waals surface area contributed by atoms with E-state index in [0.717, 1.165) is 25.8 Å². The van der Waals surface area contributed by atoms with Gasteiger partial charge in [-0.1, -0.05) is 24.6 Å². The summed E-state index contributed by atoms with van der Waals surface area (Å²) in [6, 6.07) is 8.66. The van der Waals surface area contributed by atoms with Crippen LogP contribution in [0.25, 0.3) is 0 Å². The van der Waals surface area contributed by atoms with Crippen LogP contribution in [-0.2, 0) is 9.84 Å². The van der Waals surface area contributed by atoms with Crippen LogP contribution in [-0.4, -0.2) is 49.4 Å². The summed E-state index contributed by atoms with van der Waals surface area (Å²) in [5.74, 6) is 0.111. The molecule has 20 heavy (non-hydrogen) atoms. The predicted molar refractivity (Wildman–Crippen MR) is 79.4 cm³/mol. The number of rotatable bonds is 5. The van der Waals surface area contributed by atoms with Crippen molar-refractivity contribution in [1.29, 1.82) is 0 Å². The highest BCUT2D eigenvalue weighted by molar-refractivity contribution is 7.91. The largest absolute Gasteiger partial charge is 0.392 e. The van der Waals surface area contributed by atoms with Crippen molar-refractivity contribution in [3.8, 4) is 0 Å². The third-order valence-corrected chi connectivity index (χ3v) is 5.68. The van der Waals surface area contributed by atoms with E-state index in [1.807, 2.05) is 6.07 Å². The minimum atomic E-state index is -3.23. The van der Waals surface area contributed by atoms with Gasteiger partial charge < -0.3 is 5.11 Å². The fraction of sp³-hybridized carbons (Fsp3) is 0.600. The number of piperidine rings is 1. The Morgan fingerprint density at radius 3 is 2.65 bits per heavy atom. The molecule has 2 atom stereocenters. The van der Waals surface area contributed by atoms with Crippen molar-refractivity contribution in [2.75, 3.05) is 18.8 Å². The van der Waals surface area contributed by atoms with E-state index in [0.29, 0.717) is 11.4 Å². The predicted octanol–water partition coefficient (Wildman–Crippen LogP) is 1.70.